The molecule has 4 nitrogen and oxygen atoms in total. The van der Waals surface area contributed by atoms with Crippen LogP contribution in [0.15, 0.2) is 0 Å². The fraction of sp³-hybridized carbons (Fsp3) is 0.938. The van der Waals surface area contributed by atoms with E-state index in [9.17, 15) is 4.79 Å². The summed E-state index contributed by atoms with van der Waals surface area (Å²) in [6.07, 6.45) is 7.06. The molecule has 0 aromatic carbocycles. The fourth-order valence-corrected chi connectivity index (χ4v) is 2.97. The number of hydrogen-bond donors (Lipinski definition) is 0. The molecule has 0 unspecified atom stereocenters. The zero-order valence-electron chi connectivity index (χ0n) is 14.1. The molecule has 0 spiro atoms. The quantitative estimate of drug-likeness (QED) is 0.577. The first-order valence-corrected chi connectivity index (χ1v) is 8.45. The van der Waals surface area contributed by atoms with Gasteiger partial charge in [0.1, 0.15) is 0 Å². The molecule has 2 rings (SSSR count). The standard InChI is InChI=1S/C16H30BNO3/c1-15(2)16(3,4)21-17(20-15)11-7-6-10-14(19)18-12-8-5-9-13-18/h5-13H2,1-4H3. The highest BCUT2D eigenvalue weighted by atomic mass is 16.7. The van der Waals surface area contributed by atoms with Gasteiger partial charge in [0, 0.05) is 19.5 Å². The fourth-order valence-electron chi connectivity index (χ4n) is 2.97. The zero-order chi connectivity index (χ0) is 15.5. The van der Waals surface area contributed by atoms with Crippen LogP contribution in [0.4, 0.5) is 0 Å². The lowest BCUT2D eigenvalue weighted by atomic mass is 9.82. The molecule has 0 saturated carbocycles. The molecule has 0 aromatic heterocycles. The molecule has 120 valence electrons. The molecule has 2 aliphatic rings. The molecule has 1 amide bonds. The minimum atomic E-state index is -0.249. The van der Waals surface area contributed by atoms with Crippen LogP contribution in [0.25, 0.3) is 0 Å². The van der Waals surface area contributed by atoms with Gasteiger partial charge in [-0.25, -0.2) is 0 Å². The minimum Gasteiger partial charge on any atom is -0.403 e. The van der Waals surface area contributed by atoms with Gasteiger partial charge in [0.15, 0.2) is 0 Å². The van der Waals surface area contributed by atoms with Gasteiger partial charge in [0.05, 0.1) is 11.2 Å². The van der Waals surface area contributed by atoms with Gasteiger partial charge in [0.25, 0.3) is 0 Å². The lowest BCUT2D eigenvalue weighted by Crippen LogP contribution is -2.41. The predicted molar refractivity (Wildman–Crippen MR) is 85.2 cm³/mol. The van der Waals surface area contributed by atoms with Crippen LogP contribution in [0.3, 0.4) is 0 Å². The van der Waals surface area contributed by atoms with Crippen molar-refractivity contribution in [3.05, 3.63) is 0 Å². The van der Waals surface area contributed by atoms with Crippen LogP contribution in [0.5, 0.6) is 0 Å². The van der Waals surface area contributed by atoms with E-state index in [1.807, 2.05) is 4.90 Å². The molecule has 2 fully saturated rings. The number of carbonyl (C=O) groups excluding carboxylic acids is 1. The van der Waals surface area contributed by atoms with E-state index in [-0.39, 0.29) is 18.3 Å². The molecule has 0 N–H and O–H groups in total. The third kappa shape index (κ3) is 4.23. The molecule has 21 heavy (non-hydrogen) atoms. The van der Waals surface area contributed by atoms with Gasteiger partial charge < -0.3 is 14.2 Å². The molecule has 0 aliphatic carbocycles. The van der Waals surface area contributed by atoms with Crippen molar-refractivity contribution in [2.45, 2.75) is 83.7 Å². The van der Waals surface area contributed by atoms with Crippen molar-refractivity contribution in [2.75, 3.05) is 13.1 Å². The normalized spacial score (nSPS) is 24.4. The van der Waals surface area contributed by atoms with Gasteiger partial charge in [-0.2, -0.15) is 0 Å². The van der Waals surface area contributed by atoms with E-state index in [0.717, 1.165) is 32.3 Å². The molecular formula is C16H30BNO3. The predicted octanol–water partition coefficient (Wildman–Crippen LogP) is 3.26. The Morgan fingerprint density at radius 2 is 1.57 bits per heavy atom. The van der Waals surface area contributed by atoms with E-state index in [2.05, 4.69) is 27.7 Å². The van der Waals surface area contributed by atoms with Gasteiger partial charge >= 0.3 is 7.12 Å². The Labute approximate surface area is 129 Å². The van der Waals surface area contributed by atoms with E-state index in [4.69, 9.17) is 9.31 Å². The Bertz CT molecular complexity index is 349. The summed E-state index contributed by atoms with van der Waals surface area (Å²) in [5.74, 6) is 0.323. The highest BCUT2D eigenvalue weighted by Crippen LogP contribution is 2.38. The second-order valence-corrected chi connectivity index (χ2v) is 7.37. The Balaban J connectivity index is 1.63. The number of rotatable bonds is 5. The molecule has 0 atom stereocenters. The molecule has 5 heteroatoms. The maximum Gasteiger partial charge on any atom is 0.457 e. The number of carbonyl (C=O) groups is 1. The smallest absolute Gasteiger partial charge is 0.403 e. The summed E-state index contributed by atoms with van der Waals surface area (Å²) in [5, 5.41) is 0. The highest BCUT2D eigenvalue weighted by Gasteiger charge is 2.50. The molecular weight excluding hydrogens is 265 g/mol. The SMILES string of the molecule is CC1(C)OB(CCCCC(=O)N2CCCCC2)OC1(C)C. The van der Waals surface area contributed by atoms with Crippen LogP contribution in [0.2, 0.25) is 6.32 Å². The van der Waals surface area contributed by atoms with E-state index in [0.29, 0.717) is 12.3 Å². The first-order chi connectivity index (χ1) is 9.82. The monoisotopic (exact) mass is 295 g/mol. The maximum absolute atomic E-state index is 12.1. The summed E-state index contributed by atoms with van der Waals surface area (Å²) in [7, 11) is -0.125. The third-order valence-electron chi connectivity index (χ3n) is 5.09. The van der Waals surface area contributed by atoms with Crippen molar-refractivity contribution in [1.82, 2.24) is 4.90 Å². The summed E-state index contributed by atoms with van der Waals surface area (Å²) in [6, 6.07) is 0. The summed E-state index contributed by atoms with van der Waals surface area (Å²) in [6.45, 7) is 10.2. The second-order valence-electron chi connectivity index (χ2n) is 7.37. The topological polar surface area (TPSA) is 38.8 Å². The average Bonchev–Trinajstić information content (AvgIpc) is 2.63. The Kier molecular flexibility index (Phi) is 5.36. The minimum absolute atomic E-state index is 0.125. The van der Waals surface area contributed by atoms with Gasteiger partial charge in [-0.3, -0.25) is 4.79 Å². The number of likely N-dealkylation sites (tertiary alicyclic amines) is 1. The van der Waals surface area contributed by atoms with Crippen molar-refractivity contribution in [1.29, 1.82) is 0 Å². The molecule has 2 saturated heterocycles. The summed E-state index contributed by atoms with van der Waals surface area (Å²) in [5.41, 5.74) is -0.497. The van der Waals surface area contributed by atoms with E-state index in [1.54, 1.807) is 0 Å². The number of piperidine rings is 1. The first-order valence-electron chi connectivity index (χ1n) is 8.45. The van der Waals surface area contributed by atoms with Crippen molar-refractivity contribution >= 4 is 13.0 Å². The van der Waals surface area contributed by atoms with Crippen LogP contribution in [0, 0.1) is 0 Å². The van der Waals surface area contributed by atoms with Crippen molar-refractivity contribution in [3.63, 3.8) is 0 Å². The van der Waals surface area contributed by atoms with Crippen LogP contribution >= 0.6 is 0 Å². The van der Waals surface area contributed by atoms with Crippen LogP contribution in [-0.2, 0) is 14.1 Å². The van der Waals surface area contributed by atoms with Crippen LogP contribution in [-0.4, -0.2) is 42.2 Å². The molecule has 2 aliphatic heterocycles. The Morgan fingerprint density at radius 3 is 2.14 bits per heavy atom. The zero-order valence-corrected chi connectivity index (χ0v) is 14.1. The summed E-state index contributed by atoms with van der Waals surface area (Å²) >= 11 is 0. The summed E-state index contributed by atoms with van der Waals surface area (Å²) < 4.78 is 11.9. The third-order valence-corrected chi connectivity index (χ3v) is 5.09. The van der Waals surface area contributed by atoms with E-state index in [1.165, 1.54) is 19.3 Å². The number of hydrogen-bond acceptors (Lipinski definition) is 3. The number of amides is 1. The van der Waals surface area contributed by atoms with Crippen LogP contribution < -0.4 is 0 Å². The van der Waals surface area contributed by atoms with Crippen LogP contribution in [0.1, 0.15) is 66.2 Å². The van der Waals surface area contributed by atoms with Crippen molar-refractivity contribution < 1.29 is 14.1 Å². The Morgan fingerprint density at radius 1 is 1.00 bits per heavy atom. The average molecular weight is 295 g/mol. The molecule has 0 bridgehead atoms. The second kappa shape index (κ2) is 6.70. The lowest BCUT2D eigenvalue weighted by molar-refractivity contribution is -0.132. The van der Waals surface area contributed by atoms with Crippen molar-refractivity contribution in [3.8, 4) is 0 Å². The van der Waals surface area contributed by atoms with Crippen molar-refractivity contribution in [2.24, 2.45) is 0 Å². The first kappa shape index (κ1) is 16.8. The largest absolute Gasteiger partial charge is 0.457 e. The maximum atomic E-state index is 12.1. The Hall–Kier alpha value is -0.545. The van der Waals surface area contributed by atoms with Gasteiger partial charge in [-0.1, -0.05) is 6.42 Å². The molecule has 2 heterocycles. The molecule has 0 aromatic rings. The van der Waals surface area contributed by atoms with Gasteiger partial charge in [-0.15, -0.1) is 0 Å². The number of nitrogens with zero attached hydrogens (tertiary/aromatic N) is 1. The number of unbranched alkanes of at least 4 members (excludes halogenated alkanes) is 1. The lowest BCUT2D eigenvalue weighted by Gasteiger charge is -2.32. The summed E-state index contributed by atoms with van der Waals surface area (Å²) in [4.78, 5) is 14.1. The highest BCUT2D eigenvalue weighted by molar-refractivity contribution is 6.45. The molecule has 0 radical (unpaired) electrons. The van der Waals surface area contributed by atoms with Gasteiger partial charge in [-0.05, 0) is 59.7 Å². The van der Waals surface area contributed by atoms with E-state index < -0.39 is 0 Å². The van der Waals surface area contributed by atoms with E-state index >= 15 is 0 Å². The van der Waals surface area contributed by atoms with Gasteiger partial charge in [0.2, 0.25) is 5.91 Å².